The van der Waals surface area contributed by atoms with Crippen LogP contribution in [0.5, 0.6) is 0 Å². The van der Waals surface area contributed by atoms with Gasteiger partial charge in [0.25, 0.3) is 0 Å². The van der Waals surface area contributed by atoms with E-state index in [9.17, 15) is 35.1 Å². The molecular formula is C80H153NO10. The van der Waals surface area contributed by atoms with Crippen LogP contribution in [0.1, 0.15) is 412 Å². The summed E-state index contributed by atoms with van der Waals surface area (Å²) in [6.07, 6.45) is 79.3. The van der Waals surface area contributed by atoms with Crippen LogP contribution in [0, 0.1) is 0 Å². The highest BCUT2D eigenvalue weighted by Gasteiger charge is 2.44. The van der Waals surface area contributed by atoms with Crippen molar-refractivity contribution in [3.05, 3.63) is 24.3 Å². The number of aliphatic hydroxyl groups is 5. The molecular weight excluding hydrogens is 1130 g/mol. The molecule has 0 aromatic heterocycles. The second-order valence-electron chi connectivity index (χ2n) is 28.1. The minimum Gasteiger partial charge on any atom is -0.466 e. The lowest BCUT2D eigenvalue weighted by Crippen LogP contribution is -2.60. The summed E-state index contributed by atoms with van der Waals surface area (Å²) >= 11 is 0. The van der Waals surface area contributed by atoms with Crippen molar-refractivity contribution in [1.82, 2.24) is 5.32 Å². The van der Waals surface area contributed by atoms with Gasteiger partial charge in [-0.2, -0.15) is 0 Å². The summed E-state index contributed by atoms with van der Waals surface area (Å²) in [7, 11) is 0. The number of rotatable bonds is 72. The van der Waals surface area contributed by atoms with Gasteiger partial charge in [0.05, 0.1) is 32.0 Å². The number of allylic oxidation sites excluding steroid dienone is 3. The summed E-state index contributed by atoms with van der Waals surface area (Å²) in [6.45, 7) is 4.38. The molecule has 0 bridgehead atoms. The lowest BCUT2D eigenvalue weighted by Gasteiger charge is -2.40. The number of esters is 1. The van der Waals surface area contributed by atoms with Crippen LogP contribution >= 0.6 is 0 Å². The lowest BCUT2D eigenvalue weighted by molar-refractivity contribution is -0.302. The van der Waals surface area contributed by atoms with E-state index in [1.807, 2.05) is 6.08 Å². The van der Waals surface area contributed by atoms with Crippen molar-refractivity contribution in [3.63, 3.8) is 0 Å². The van der Waals surface area contributed by atoms with Crippen LogP contribution in [0.3, 0.4) is 0 Å². The zero-order chi connectivity index (χ0) is 65.8. The molecule has 1 fully saturated rings. The molecule has 0 aromatic rings. The van der Waals surface area contributed by atoms with Crippen molar-refractivity contribution in [2.24, 2.45) is 0 Å². The number of ether oxygens (including phenoxy) is 3. The van der Waals surface area contributed by atoms with E-state index in [0.29, 0.717) is 19.4 Å². The van der Waals surface area contributed by atoms with Crippen LogP contribution in [0.15, 0.2) is 24.3 Å². The molecule has 1 saturated heterocycles. The van der Waals surface area contributed by atoms with Crippen LogP contribution in [-0.4, -0.2) is 100 Å². The Balaban J connectivity index is 1.91. The van der Waals surface area contributed by atoms with E-state index in [0.717, 1.165) is 51.4 Å². The zero-order valence-corrected chi connectivity index (χ0v) is 60.1. The standard InChI is InChI=1S/C80H153NO10/c1-3-5-7-9-11-13-15-16-40-43-47-50-54-58-62-66-73(83)72(71-90-80-79(88)78(87)77(86)74(70-82)91-80)81-75(84)67-63-59-55-51-48-44-41-38-36-34-32-30-28-26-24-22-20-18-17-19-21-23-25-27-29-31-33-35-37-39-42-45-49-53-57-61-65-69-89-76(85)68-64-60-56-52-46-14-12-10-8-6-4-2/h47,50,62,66,72-74,77-80,82-83,86-88H,3-46,48-49,51-61,63-65,67-71H2,1-2H3,(H,81,84)/b50-47+,66-62+. The van der Waals surface area contributed by atoms with Gasteiger partial charge < -0.3 is 45.1 Å². The lowest BCUT2D eigenvalue weighted by atomic mass is 9.99. The molecule has 0 aromatic carbocycles. The smallest absolute Gasteiger partial charge is 0.305 e. The molecule has 0 aliphatic carbocycles. The van der Waals surface area contributed by atoms with Crippen molar-refractivity contribution in [2.45, 2.75) is 455 Å². The molecule has 11 nitrogen and oxygen atoms in total. The first-order chi connectivity index (χ1) is 44.7. The molecule has 1 aliphatic heterocycles. The number of nitrogens with one attached hydrogen (secondary N) is 1. The molecule has 7 atom stereocenters. The number of aliphatic hydroxyl groups excluding tert-OH is 5. The Morgan fingerprint density at radius 3 is 1.09 bits per heavy atom. The highest BCUT2D eigenvalue weighted by atomic mass is 16.7. The maximum atomic E-state index is 13.1. The number of carbonyl (C=O) groups excluding carboxylic acids is 2. The Morgan fingerprint density at radius 1 is 0.396 bits per heavy atom. The summed E-state index contributed by atoms with van der Waals surface area (Å²) in [5, 5.41) is 54.6. The van der Waals surface area contributed by atoms with E-state index in [4.69, 9.17) is 14.2 Å². The highest BCUT2D eigenvalue weighted by Crippen LogP contribution is 2.24. The number of unbranched alkanes of at least 4 members (excludes halogenated alkanes) is 56. The summed E-state index contributed by atoms with van der Waals surface area (Å²) in [5.74, 6) is -0.165. The average Bonchev–Trinajstić information content (AvgIpc) is 1.62. The van der Waals surface area contributed by atoms with Gasteiger partial charge in [-0.05, 0) is 44.9 Å². The Hall–Kier alpha value is -1.86. The van der Waals surface area contributed by atoms with E-state index >= 15 is 0 Å². The minimum absolute atomic E-state index is 0.0175. The first kappa shape index (κ1) is 87.2. The van der Waals surface area contributed by atoms with Crippen LogP contribution in [0.25, 0.3) is 0 Å². The molecule has 0 radical (unpaired) electrons. The van der Waals surface area contributed by atoms with E-state index in [2.05, 4.69) is 31.3 Å². The van der Waals surface area contributed by atoms with Crippen LogP contribution in [-0.2, 0) is 23.8 Å². The summed E-state index contributed by atoms with van der Waals surface area (Å²) < 4.78 is 16.8. The molecule has 6 N–H and O–H groups in total. The molecule has 1 amide bonds. The van der Waals surface area contributed by atoms with Crippen molar-refractivity contribution in [3.8, 4) is 0 Å². The van der Waals surface area contributed by atoms with Gasteiger partial charge in [0.2, 0.25) is 5.91 Å². The second-order valence-corrected chi connectivity index (χ2v) is 28.1. The van der Waals surface area contributed by atoms with Gasteiger partial charge in [-0.3, -0.25) is 9.59 Å². The Bertz CT molecular complexity index is 1560. The van der Waals surface area contributed by atoms with Crippen molar-refractivity contribution in [2.75, 3.05) is 19.8 Å². The van der Waals surface area contributed by atoms with Gasteiger partial charge in [-0.15, -0.1) is 0 Å². The number of carbonyl (C=O) groups is 2. The molecule has 91 heavy (non-hydrogen) atoms. The number of hydrogen-bond donors (Lipinski definition) is 6. The van der Waals surface area contributed by atoms with Crippen molar-refractivity contribution in [1.29, 1.82) is 0 Å². The molecule has 7 unspecified atom stereocenters. The van der Waals surface area contributed by atoms with Gasteiger partial charge in [0, 0.05) is 12.8 Å². The van der Waals surface area contributed by atoms with Gasteiger partial charge >= 0.3 is 5.97 Å². The average molecular weight is 1290 g/mol. The van der Waals surface area contributed by atoms with E-state index in [1.54, 1.807) is 6.08 Å². The molecule has 1 heterocycles. The van der Waals surface area contributed by atoms with Gasteiger partial charge in [0.1, 0.15) is 24.4 Å². The zero-order valence-electron chi connectivity index (χ0n) is 60.1. The summed E-state index contributed by atoms with van der Waals surface area (Å²) in [6, 6.07) is -0.823. The third-order valence-electron chi connectivity index (χ3n) is 19.3. The van der Waals surface area contributed by atoms with Crippen LogP contribution in [0.2, 0.25) is 0 Å². The third-order valence-corrected chi connectivity index (χ3v) is 19.3. The first-order valence-corrected chi connectivity index (χ1v) is 40.1. The number of amides is 1. The molecule has 1 rings (SSSR count). The fourth-order valence-corrected chi connectivity index (χ4v) is 13.0. The summed E-state index contributed by atoms with van der Waals surface area (Å²) in [4.78, 5) is 25.1. The van der Waals surface area contributed by atoms with Crippen molar-refractivity contribution >= 4 is 11.9 Å². The Labute approximate surface area is 562 Å². The second kappa shape index (κ2) is 69.5. The van der Waals surface area contributed by atoms with Gasteiger partial charge in [0.15, 0.2) is 6.29 Å². The molecule has 538 valence electrons. The number of hydrogen-bond acceptors (Lipinski definition) is 10. The Morgan fingerprint density at radius 2 is 0.714 bits per heavy atom. The predicted octanol–water partition coefficient (Wildman–Crippen LogP) is 21.5. The summed E-state index contributed by atoms with van der Waals surface area (Å²) in [5.41, 5.74) is 0. The van der Waals surface area contributed by atoms with Crippen LogP contribution in [0.4, 0.5) is 0 Å². The monoisotopic (exact) mass is 1290 g/mol. The van der Waals surface area contributed by atoms with E-state index in [-0.39, 0.29) is 18.5 Å². The van der Waals surface area contributed by atoms with E-state index in [1.165, 1.54) is 334 Å². The molecule has 1 aliphatic rings. The fourth-order valence-electron chi connectivity index (χ4n) is 13.0. The Kier molecular flexibility index (Phi) is 66.6. The highest BCUT2D eigenvalue weighted by molar-refractivity contribution is 5.76. The molecule has 11 heteroatoms. The van der Waals surface area contributed by atoms with Gasteiger partial charge in [-0.1, -0.05) is 378 Å². The SMILES string of the molecule is CCCCCCCCCCC/C=C/CC/C=C/C(O)C(COC1OC(CO)C(O)C(O)C1O)NC(=O)CCCCCCCCCCCCCCCCCCCCCCCCCCCCCCCCCCCCCCCOC(=O)CCCCCCCCCCCCC. The molecule has 0 spiro atoms. The minimum atomic E-state index is -1.57. The van der Waals surface area contributed by atoms with E-state index < -0.39 is 49.5 Å². The first-order valence-electron chi connectivity index (χ1n) is 40.1. The van der Waals surface area contributed by atoms with Gasteiger partial charge in [-0.25, -0.2) is 0 Å². The van der Waals surface area contributed by atoms with Crippen LogP contribution < -0.4 is 5.32 Å². The van der Waals surface area contributed by atoms with Crippen molar-refractivity contribution < 1.29 is 49.3 Å². The maximum absolute atomic E-state index is 13.1. The predicted molar refractivity (Wildman–Crippen MR) is 384 cm³/mol. The topological polar surface area (TPSA) is 175 Å². The normalized spacial score (nSPS) is 17.6. The third kappa shape index (κ3) is 58.1. The maximum Gasteiger partial charge on any atom is 0.305 e. The fraction of sp³-hybridized carbons (Fsp3) is 0.925. The quantitative estimate of drug-likeness (QED) is 0.0195. The molecule has 0 saturated carbocycles. The largest absolute Gasteiger partial charge is 0.466 e.